The number of halogens is 3. The van der Waals surface area contributed by atoms with Crippen LogP contribution in [0.2, 0.25) is 0 Å². The average molecular weight is 358 g/mol. The van der Waals surface area contributed by atoms with Gasteiger partial charge in [0.05, 0.1) is 16.3 Å². The van der Waals surface area contributed by atoms with Crippen molar-refractivity contribution in [2.24, 2.45) is 0 Å². The summed E-state index contributed by atoms with van der Waals surface area (Å²) in [5, 5.41) is 3.09. The third-order valence-corrected chi connectivity index (χ3v) is 4.48. The smallest absolute Gasteiger partial charge is 0.325 e. The predicted octanol–water partition coefficient (Wildman–Crippen LogP) is 4.55. The van der Waals surface area contributed by atoms with Gasteiger partial charge in [0, 0.05) is 16.8 Å². The highest BCUT2D eigenvalue weighted by molar-refractivity contribution is 7.99. The topological polar surface area (TPSA) is 42.0 Å². The van der Waals surface area contributed by atoms with E-state index in [0.717, 1.165) is 28.9 Å². The first-order valence-electron chi connectivity index (χ1n) is 6.48. The first-order valence-corrected chi connectivity index (χ1v) is 8.69. The lowest BCUT2D eigenvalue weighted by Crippen LogP contribution is -2.14. The van der Waals surface area contributed by atoms with Crippen LogP contribution in [0.1, 0.15) is 5.56 Å². The van der Waals surface area contributed by atoms with Gasteiger partial charge in [-0.3, -0.25) is 4.79 Å². The maximum absolute atomic E-state index is 12.4. The van der Waals surface area contributed by atoms with Gasteiger partial charge in [-0.05, 0) is 42.7 Å². The summed E-state index contributed by atoms with van der Waals surface area (Å²) in [6.07, 6.45) is -1.68. The van der Waals surface area contributed by atoms with E-state index in [1.165, 1.54) is 6.07 Å². The van der Waals surface area contributed by atoms with E-state index in [-0.39, 0.29) is 11.7 Å². The second-order valence-electron chi connectivity index (χ2n) is 4.45. The Bertz CT molecular complexity index is 658. The summed E-state index contributed by atoms with van der Waals surface area (Å²) in [5.74, 6) is -0.170. The maximum Gasteiger partial charge on any atom is 0.417 e. The van der Waals surface area contributed by atoms with Crippen LogP contribution >= 0.6 is 23.5 Å². The molecule has 2 aromatic rings. The van der Waals surface area contributed by atoms with Crippen molar-refractivity contribution in [2.75, 3.05) is 17.3 Å². The minimum absolute atomic E-state index is 0.0721. The number of amides is 1. The molecule has 0 bridgehead atoms. The lowest BCUT2D eigenvalue weighted by Gasteiger charge is -2.07. The highest BCUT2D eigenvalue weighted by atomic mass is 32.2. The third kappa shape index (κ3) is 5.47. The average Bonchev–Trinajstić information content (AvgIpc) is 2.53. The molecule has 0 atom stereocenters. The standard InChI is InChI=1S/C15H13F3N2OS2/c1-22-12-5-3-11(4-6-12)20-13(21)9-23-14-7-2-10(8-19-14)15(16,17)18/h2-8H,9H2,1H3,(H,20,21). The number of nitrogens with one attached hydrogen (secondary N) is 1. The molecular weight excluding hydrogens is 345 g/mol. The molecular formula is C15H13F3N2OS2. The molecule has 23 heavy (non-hydrogen) atoms. The summed E-state index contributed by atoms with van der Waals surface area (Å²) in [6.45, 7) is 0. The summed E-state index contributed by atoms with van der Waals surface area (Å²) in [6, 6.07) is 9.59. The molecule has 2 rings (SSSR count). The quantitative estimate of drug-likeness (QED) is 0.796. The molecule has 1 heterocycles. The number of pyridine rings is 1. The minimum atomic E-state index is -4.41. The van der Waals surface area contributed by atoms with Gasteiger partial charge in [-0.25, -0.2) is 4.98 Å². The monoisotopic (exact) mass is 358 g/mol. The molecule has 122 valence electrons. The Balaban J connectivity index is 1.86. The molecule has 0 saturated heterocycles. The molecule has 0 spiro atoms. The third-order valence-electron chi connectivity index (χ3n) is 2.79. The Morgan fingerprint density at radius 1 is 1.17 bits per heavy atom. The van der Waals surface area contributed by atoms with Gasteiger partial charge < -0.3 is 5.32 Å². The summed E-state index contributed by atoms with van der Waals surface area (Å²) in [4.78, 5) is 16.6. The van der Waals surface area contributed by atoms with Crippen LogP contribution in [0.25, 0.3) is 0 Å². The lowest BCUT2D eigenvalue weighted by atomic mass is 10.3. The van der Waals surface area contributed by atoms with Gasteiger partial charge in [0.25, 0.3) is 0 Å². The number of nitrogens with zero attached hydrogens (tertiary/aromatic N) is 1. The molecule has 1 N–H and O–H groups in total. The van der Waals surface area contributed by atoms with Crippen LogP contribution in [0.3, 0.4) is 0 Å². The van der Waals surface area contributed by atoms with E-state index in [9.17, 15) is 18.0 Å². The van der Waals surface area contributed by atoms with E-state index in [0.29, 0.717) is 10.7 Å². The van der Waals surface area contributed by atoms with Gasteiger partial charge in [0.1, 0.15) is 0 Å². The number of anilines is 1. The van der Waals surface area contributed by atoms with Crippen molar-refractivity contribution in [1.29, 1.82) is 0 Å². The number of carbonyl (C=O) groups is 1. The zero-order valence-electron chi connectivity index (χ0n) is 12.1. The Hall–Kier alpha value is -1.67. The zero-order chi connectivity index (χ0) is 16.9. The maximum atomic E-state index is 12.4. The minimum Gasteiger partial charge on any atom is -0.325 e. The highest BCUT2D eigenvalue weighted by Crippen LogP contribution is 2.29. The van der Waals surface area contributed by atoms with E-state index < -0.39 is 11.7 Å². The van der Waals surface area contributed by atoms with Gasteiger partial charge in [-0.15, -0.1) is 11.8 Å². The molecule has 0 unspecified atom stereocenters. The van der Waals surface area contributed by atoms with E-state index >= 15 is 0 Å². The van der Waals surface area contributed by atoms with Crippen LogP contribution < -0.4 is 5.32 Å². The Kier molecular flexibility index (Phi) is 5.95. The predicted molar refractivity (Wildman–Crippen MR) is 86.8 cm³/mol. The van der Waals surface area contributed by atoms with Gasteiger partial charge in [0.15, 0.2) is 0 Å². The Morgan fingerprint density at radius 2 is 1.87 bits per heavy atom. The van der Waals surface area contributed by atoms with E-state index in [1.807, 2.05) is 18.4 Å². The van der Waals surface area contributed by atoms with Crippen LogP contribution in [0, 0.1) is 0 Å². The molecule has 3 nitrogen and oxygen atoms in total. The fourth-order valence-electron chi connectivity index (χ4n) is 1.64. The molecule has 1 amide bonds. The van der Waals surface area contributed by atoms with Crippen LogP contribution in [0.5, 0.6) is 0 Å². The van der Waals surface area contributed by atoms with Crippen molar-refractivity contribution in [3.8, 4) is 0 Å². The lowest BCUT2D eigenvalue weighted by molar-refractivity contribution is -0.137. The number of hydrogen-bond acceptors (Lipinski definition) is 4. The van der Waals surface area contributed by atoms with E-state index in [2.05, 4.69) is 10.3 Å². The van der Waals surface area contributed by atoms with Crippen molar-refractivity contribution in [1.82, 2.24) is 4.98 Å². The molecule has 0 saturated carbocycles. The molecule has 0 radical (unpaired) electrons. The van der Waals surface area contributed by atoms with Gasteiger partial charge in [-0.1, -0.05) is 11.8 Å². The molecule has 0 aliphatic carbocycles. The zero-order valence-corrected chi connectivity index (χ0v) is 13.7. The highest BCUT2D eigenvalue weighted by Gasteiger charge is 2.30. The van der Waals surface area contributed by atoms with Gasteiger partial charge in [0.2, 0.25) is 5.91 Å². The number of carbonyl (C=O) groups excluding carboxylic acids is 1. The van der Waals surface area contributed by atoms with E-state index in [1.54, 1.807) is 23.9 Å². The molecule has 1 aromatic heterocycles. The second-order valence-corrected chi connectivity index (χ2v) is 6.32. The van der Waals surface area contributed by atoms with Crippen molar-refractivity contribution >= 4 is 35.1 Å². The van der Waals surface area contributed by atoms with Crippen LogP contribution in [0.15, 0.2) is 52.5 Å². The molecule has 0 fully saturated rings. The number of alkyl halides is 3. The van der Waals surface area contributed by atoms with E-state index in [4.69, 9.17) is 0 Å². The summed E-state index contributed by atoms with van der Waals surface area (Å²) in [5.41, 5.74) is -0.131. The first-order chi connectivity index (χ1) is 10.9. The van der Waals surface area contributed by atoms with Crippen LogP contribution in [-0.4, -0.2) is 22.9 Å². The van der Waals surface area contributed by atoms with Crippen LogP contribution in [0.4, 0.5) is 18.9 Å². The van der Waals surface area contributed by atoms with Gasteiger partial charge >= 0.3 is 6.18 Å². The number of benzene rings is 1. The molecule has 0 aliphatic rings. The number of aromatic nitrogens is 1. The second kappa shape index (κ2) is 7.74. The van der Waals surface area contributed by atoms with Crippen molar-refractivity contribution < 1.29 is 18.0 Å². The van der Waals surface area contributed by atoms with Gasteiger partial charge in [-0.2, -0.15) is 13.2 Å². The Labute approximate surface area is 140 Å². The van der Waals surface area contributed by atoms with Crippen molar-refractivity contribution in [2.45, 2.75) is 16.1 Å². The summed E-state index contributed by atoms with van der Waals surface area (Å²) in [7, 11) is 0. The summed E-state index contributed by atoms with van der Waals surface area (Å²) >= 11 is 2.68. The number of thioether (sulfide) groups is 2. The first kappa shape index (κ1) is 17.7. The van der Waals surface area contributed by atoms with Crippen molar-refractivity contribution in [3.63, 3.8) is 0 Å². The number of hydrogen-bond donors (Lipinski definition) is 1. The Morgan fingerprint density at radius 3 is 2.39 bits per heavy atom. The fraction of sp³-hybridized carbons (Fsp3) is 0.200. The van der Waals surface area contributed by atoms with Crippen molar-refractivity contribution in [3.05, 3.63) is 48.2 Å². The fourth-order valence-corrected chi connectivity index (χ4v) is 2.70. The van der Waals surface area contributed by atoms with Crippen LogP contribution in [-0.2, 0) is 11.0 Å². The molecule has 0 aliphatic heterocycles. The summed E-state index contributed by atoms with van der Waals surface area (Å²) < 4.78 is 37.3. The molecule has 1 aromatic carbocycles. The normalized spacial score (nSPS) is 11.3. The molecule has 8 heteroatoms. The number of rotatable bonds is 5. The largest absolute Gasteiger partial charge is 0.417 e. The SMILES string of the molecule is CSc1ccc(NC(=O)CSc2ccc(C(F)(F)F)cn2)cc1.